The fraction of sp³-hybridized carbons (Fsp3) is 0.400. The minimum atomic E-state index is -0.223. The maximum absolute atomic E-state index is 13.6. The van der Waals surface area contributed by atoms with E-state index in [4.69, 9.17) is 0 Å². The molecule has 0 amide bonds. The summed E-state index contributed by atoms with van der Waals surface area (Å²) in [5, 5.41) is 7.86. The standard InChI is InChI=1S/C15H19BrFN3/c1-3-5-18-15(10-14-4-6-20(2)19-14)11-7-12(16)9-13(17)8-11/h4,6-9,15,18H,3,5,10H2,1-2H3. The largest absolute Gasteiger partial charge is 0.310 e. The van der Waals surface area contributed by atoms with E-state index >= 15 is 0 Å². The summed E-state index contributed by atoms with van der Waals surface area (Å²) in [6.45, 7) is 3.01. The maximum atomic E-state index is 13.6. The molecule has 1 heterocycles. The molecule has 108 valence electrons. The van der Waals surface area contributed by atoms with Crippen molar-refractivity contribution in [1.82, 2.24) is 15.1 Å². The van der Waals surface area contributed by atoms with E-state index in [0.717, 1.165) is 35.1 Å². The maximum Gasteiger partial charge on any atom is 0.124 e. The van der Waals surface area contributed by atoms with Gasteiger partial charge in [0.05, 0.1) is 5.69 Å². The summed E-state index contributed by atoms with van der Waals surface area (Å²) in [4.78, 5) is 0. The number of halogens is 2. The van der Waals surface area contributed by atoms with Crippen LogP contribution in [0.4, 0.5) is 4.39 Å². The van der Waals surface area contributed by atoms with Crippen LogP contribution in [0.3, 0.4) is 0 Å². The van der Waals surface area contributed by atoms with Crippen molar-refractivity contribution in [3.63, 3.8) is 0 Å². The zero-order chi connectivity index (χ0) is 14.5. The zero-order valence-electron chi connectivity index (χ0n) is 11.7. The van der Waals surface area contributed by atoms with Crippen LogP contribution < -0.4 is 5.32 Å². The van der Waals surface area contributed by atoms with E-state index < -0.39 is 0 Å². The van der Waals surface area contributed by atoms with E-state index in [0.29, 0.717) is 0 Å². The second kappa shape index (κ2) is 6.99. The summed E-state index contributed by atoms with van der Waals surface area (Å²) < 4.78 is 16.1. The van der Waals surface area contributed by atoms with E-state index in [2.05, 4.69) is 33.3 Å². The van der Waals surface area contributed by atoms with Gasteiger partial charge in [-0.3, -0.25) is 4.68 Å². The van der Waals surface area contributed by atoms with Crippen LogP contribution in [-0.4, -0.2) is 16.3 Å². The first-order chi connectivity index (χ1) is 9.58. The predicted molar refractivity (Wildman–Crippen MR) is 82.0 cm³/mol. The second-order valence-corrected chi connectivity index (χ2v) is 5.81. The van der Waals surface area contributed by atoms with E-state index in [9.17, 15) is 4.39 Å². The summed E-state index contributed by atoms with van der Waals surface area (Å²) in [7, 11) is 1.90. The summed E-state index contributed by atoms with van der Waals surface area (Å²) in [5.41, 5.74) is 1.94. The van der Waals surface area contributed by atoms with Gasteiger partial charge in [-0.2, -0.15) is 5.10 Å². The fourth-order valence-corrected chi connectivity index (χ4v) is 2.67. The van der Waals surface area contributed by atoms with Gasteiger partial charge in [0.25, 0.3) is 0 Å². The SMILES string of the molecule is CCCNC(Cc1ccn(C)n1)c1cc(F)cc(Br)c1. The first-order valence-electron chi connectivity index (χ1n) is 6.76. The Balaban J connectivity index is 2.21. The van der Waals surface area contributed by atoms with Crippen LogP contribution in [-0.2, 0) is 13.5 Å². The number of aryl methyl sites for hydroxylation is 1. The number of nitrogens with zero attached hydrogens (tertiary/aromatic N) is 2. The van der Waals surface area contributed by atoms with Gasteiger partial charge in [0.15, 0.2) is 0 Å². The molecular weight excluding hydrogens is 321 g/mol. The Labute approximate surface area is 127 Å². The Morgan fingerprint density at radius 1 is 1.40 bits per heavy atom. The highest BCUT2D eigenvalue weighted by molar-refractivity contribution is 9.10. The Morgan fingerprint density at radius 3 is 2.80 bits per heavy atom. The molecule has 1 atom stereocenters. The highest BCUT2D eigenvalue weighted by Gasteiger charge is 2.14. The Bertz CT molecular complexity index is 548. The van der Waals surface area contributed by atoms with Gasteiger partial charge in [0.1, 0.15) is 5.82 Å². The van der Waals surface area contributed by atoms with Gasteiger partial charge in [-0.25, -0.2) is 4.39 Å². The summed E-state index contributed by atoms with van der Waals surface area (Å²) in [6.07, 6.45) is 3.71. The number of rotatable bonds is 6. The molecule has 1 aromatic heterocycles. The monoisotopic (exact) mass is 339 g/mol. The second-order valence-electron chi connectivity index (χ2n) is 4.89. The van der Waals surface area contributed by atoms with Gasteiger partial charge in [0.2, 0.25) is 0 Å². The van der Waals surface area contributed by atoms with Crippen molar-refractivity contribution in [1.29, 1.82) is 0 Å². The van der Waals surface area contributed by atoms with Gasteiger partial charge < -0.3 is 5.32 Å². The number of hydrogen-bond donors (Lipinski definition) is 1. The van der Waals surface area contributed by atoms with Crippen molar-refractivity contribution in [2.75, 3.05) is 6.54 Å². The van der Waals surface area contributed by atoms with Crippen molar-refractivity contribution >= 4 is 15.9 Å². The zero-order valence-corrected chi connectivity index (χ0v) is 13.3. The average Bonchev–Trinajstić information content (AvgIpc) is 2.79. The number of hydrogen-bond acceptors (Lipinski definition) is 2. The molecular formula is C15H19BrFN3. The lowest BCUT2D eigenvalue weighted by molar-refractivity contribution is 0.516. The molecule has 0 fully saturated rings. The molecule has 1 aromatic carbocycles. The van der Waals surface area contributed by atoms with E-state index in [1.807, 2.05) is 25.4 Å². The summed E-state index contributed by atoms with van der Waals surface area (Å²) in [6, 6.07) is 7.08. The predicted octanol–water partition coefficient (Wildman–Crippen LogP) is 3.61. The Morgan fingerprint density at radius 2 is 2.20 bits per heavy atom. The molecule has 3 nitrogen and oxygen atoms in total. The Hall–Kier alpha value is -1.20. The minimum Gasteiger partial charge on any atom is -0.310 e. The third-order valence-electron chi connectivity index (χ3n) is 3.11. The molecule has 0 bridgehead atoms. The van der Waals surface area contributed by atoms with Crippen molar-refractivity contribution in [3.05, 3.63) is 52.0 Å². The molecule has 0 aliphatic heterocycles. The quantitative estimate of drug-likeness (QED) is 0.871. The summed E-state index contributed by atoms with van der Waals surface area (Å²) in [5.74, 6) is -0.223. The molecule has 5 heteroatoms. The van der Waals surface area contributed by atoms with Gasteiger partial charge in [-0.15, -0.1) is 0 Å². The third kappa shape index (κ3) is 4.15. The summed E-state index contributed by atoms with van der Waals surface area (Å²) >= 11 is 3.35. The van der Waals surface area contributed by atoms with Crippen LogP contribution in [0, 0.1) is 5.82 Å². The molecule has 0 saturated carbocycles. The third-order valence-corrected chi connectivity index (χ3v) is 3.57. The number of nitrogens with one attached hydrogen (secondary N) is 1. The molecule has 0 radical (unpaired) electrons. The normalized spacial score (nSPS) is 12.6. The van der Waals surface area contributed by atoms with Crippen molar-refractivity contribution < 1.29 is 4.39 Å². The smallest absolute Gasteiger partial charge is 0.124 e. The molecule has 1 N–H and O–H groups in total. The van der Waals surface area contributed by atoms with Crippen LogP contribution in [0.1, 0.15) is 30.6 Å². The van der Waals surface area contributed by atoms with Crippen LogP contribution in [0.15, 0.2) is 34.9 Å². The first kappa shape index (κ1) is 15.2. The van der Waals surface area contributed by atoms with Gasteiger partial charge >= 0.3 is 0 Å². The van der Waals surface area contributed by atoms with Gasteiger partial charge in [-0.1, -0.05) is 22.9 Å². The van der Waals surface area contributed by atoms with Gasteiger partial charge in [0, 0.05) is 30.2 Å². The first-order valence-corrected chi connectivity index (χ1v) is 7.55. The molecule has 0 spiro atoms. The van der Waals surface area contributed by atoms with E-state index in [-0.39, 0.29) is 11.9 Å². The van der Waals surface area contributed by atoms with Crippen molar-refractivity contribution in [3.8, 4) is 0 Å². The van der Waals surface area contributed by atoms with E-state index in [1.165, 1.54) is 6.07 Å². The molecule has 1 unspecified atom stereocenters. The lowest BCUT2D eigenvalue weighted by Crippen LogP contribution is -2.24. The van der Waals surface area contributed by atoms with Crippen LogP contribution in [0.25, 0.3) is 0 Å². The topological polar surface area (TPSA) is 29.9 Å². The molecule has 0 saturated heterocycles. The lowest BCUT2D eigenvalue weighted by Gasteiger charge is -2.18. The number of benzene rings is 1. The highest BCUT2D eigenvalue weighted by Crippen LogP contribution is 2.23. The van der Waals surface area contributed by atoms with Crippen molar-refractivity contribution in [2.45, 2.75) is 25.8 Å². The van der Waals surface area contributed by atoms with Crippen LogP contribution >= 0.6 is 15.9 Å². The van der Waals surface area contributed by atoms with E-state index in [1.54, 1.807) is 10.7 Å². The van der Waals surface area contributed by atoms with Crippen LogP contribution in [0.2, 0.25) is 0 Å². The highest BCUT2D eigenvalue weighted by atomic mass is 79.9. The number of aromatic nitrogens is 2. The fourth-order valence-electron chi connectivity index (χ4n) is 2.18. The van der Waals surface area contributed by atoms with Crippen LogP contribution in [0.5, 0.6) is 0 Å². The molecule has 2 rings (SSSR count). The van der Waals surface area contributed by atoms with Gasteiger partial charge in [-0.05, 0) is 42.8 Å². The Kier molecular flexibility index (Phi) is 5.31. The minimum absolute atomic E-state index is 0.0665. The molecule has 2 aromatic rings. The average molecular weight is 340 g/mol. The molecule has 20 heavy (non-hydrogen) atoms. The molecule has 0 aliphatic carbocycles. The molecule has 0 aliphatic rings. The van der Waals surface area contributed by atoms with Crippen molar-refractivity contribution in [2.24, 2.45) is 7.05 Å². The lowest BCUT2D eigenvalue weighted by atomic mass is 10.0.